The molecular formula is C16H16N2O5. The molecule has 2 aromatic rings. The molecule has 2 N–H and O–H groups in total. The molecule has 0 radical (unpaired) electrons. The molecule has 2 aromatic carbocycles. The highest BCUT2D eigenvalue weighted by Crippen LogP contribution is 2.28. The van der Waals surface area contributed by atoms with Crippen molar-refractivity contribution in [1.29, 1.82) is 0 Å². The van der Waals surface area contributed by atoms with Crippen molar-refractivity contribution in [2.45, 2.75) is 13.3 Å². The monoisotopic (exact) mass is 316 g/mol. The Hall–Kier alpha value is -3.09. The second-order valence-electron chi connectivity index (χ2n) is 4.79. The maximum absolute atomic E-state index is 12.2. The quantitative estimate of drug-likeness (QED) is 0.483. The predicted molar refractivity (Wildman–Crippen MR) is 84.9 cm³/mol. The number of non-ortho nitro benzene ring substituents is 1. The first-order chi connectivity index (χ1) is 11.0. The summed E-state index contributed by atoms with van der Waals surface area (Å²) in [6, 6.07) is 9.98. The average Bonchev–Trinajstić information content (AvgIpc) is 2.55. The van der Waals surface area contributed by atoms with E-state index < -0.39 is 10.8 Å². The third kappa shape index (κ3) is 4.19. The molecule has 120 valence electrons. The summed E-state index contributed by atoms with van der Waals surface area (Å²) in [7, 11) is 0. The fourth-order valence-corrected chi connectivity index (χ4v) is 1.88. The summed E-state index contributed by atoms with van der Waals surface area (Å²) >= 11 is 0. The molecule has 0 saturated carbocycles. The number of rotatable bonds is 6. The lowest BCUT2D eigenvalue weighted by atomic mass is 10.2. The highest BCUT2D eigenvalue weighted by Gasteiger charge is 2.14. The van der Waals surface area contributed by atoms with Gasteiger partial charge in [-0.05, 0) is 30.7 Å². The summed E-state index contributed by atoms with van der Waals surface area (Å²) in [6.45, 7) is 2.51. The molecule has 7 nitrogen and oxygen atoms in total. The third-order valence-electron chi connectivity index (χ3n) is 3.01. The molecule has 0 aliphatic rings. The molecule has 0 aromatic heterocycles. The Kier molecular flexibility index (Phi) is 5.14. The van der Waals surface area contributed by atoms with Crippen molar-refractivity contribution in [3.8, 4) is 11.5 Å². The minimum atomic E-state index is -0.603. The molecular weight excluding hydrogens is 300 g/mol. The number of benzene rings is 2. The molecule has 0 atom stereocenters. The summed E-state index contributed by atoms with van der Waals surface area (Å²) in [5.41, 5.74) is 0.0757. The predicted octanol–water partition coefficient (Wildman–Crippen LogP) is 3.34. The topological polar surface area (TPSA) is 102 Å². The van der Waals surface area contributed by atoms with Gasteiger partial charge in [0.25, 0.3) is 11.6 Å². The smallest absolute Gasteiger partial charge is 0.271 e. The number of phenols is 1. The van der Waals surface area contributed by atoms with Crippen LogP contribution in [0.5, 0.6) is 11.5 Å². The van der Waals surface area contributed by atoms with E-state index >= 15 is 0 Å². The number of nitro benzene ring substituents is 1. The number of carbonyl (C=O) groups excluding carboxylic acids is 1. The Morgan fingerprint density at radius 3 is 2.78 bits per heavy atom. The van der Waals surface area contributed by atoms with Gasteiger partial charge < -0.3 is 15.2 Å². The largest absolute Gasteiger partial charge is 0.506 e. The van der Waals surface area contributed by atoms with E-state index in [2.05, 4.69) is 5.32 Å². The van der Waals surface area contributed by atoms with Crippen molar-refractivity contribution >= 4 is 17.3 Å². The molecule has 1 amide bonds. The zero-order chi connectivity index (χ0) is 16.8. The first kappa shape index (κ1) is 16.3. The highest BCUT2D eigenvalue weighted by atomic mass is 16.6. The Balaban J connectivity index is 2.19. The fourth-order valence-electron chi connectivity index (χ4n) is 1.88. The summed E-state index contributed by atoms with van der Waals surface area (Å²) < 4.78 is 5.45. The number of nitrogens with one attached hydrogen (secondary N) is 1. The number of hydrogen-bond acceptors (Lipinski definition) is 5. The Morgan fingerprint density at radius 1 is 1.30 bits per heavy atom. The number of nitro groups is 1. The van der Waals surface area contributed by atoms with E-state index in [9.17, 15) is 20.0 Å². The van der Waals surface area contributed by atoms with Crippen LogP contribution < -0.4 is 10.1 Å². The highest BCUT2D eigenvalue weighted by molar-refractivity contribution is 6.05. The van der Waals surface area contributed by atoms with Gasteiger partial charge in [-0.25, -0.2) is 0 Å². The molecule has 0 aliphatic heterocycles. The van der Waals surface area contributed by atoms with Crippen LogP contribution in [0.3, 0.4) is 0 Å². The number of amides is 1. The standard InChI is InChI=1S/C16H16N2O5/c1-2-8-23-13-5-3-4-11(9-13)16(20)17-14-10-12(18(21)22)6-7-15(14)19/h3-7,9-10,19H,2,8H2,1H3,(H,17,20). The number of carbonyl (C=O) groups is 1. The van der Waals surface area contributed by atoms with Gasteiger partial charge in [-0.2, -0.15) is 0 Å². The van der Waals surface area contributed by atoms with Crippen molar-refractivity contribution in [3.63, 3.8) is 0 Å². The third-order valence-corrected chi connectivity index (χ3v) is 3.01. The van der Waals surface area contributed by atoms with Crippen molar-refractivity contribution in [1.82, 2.24) is 0 Å². The average molecular weight is 316 g/mol. The minimum Gasteiger partial charge on any atom is -0.506 e. The number of hydrogen-bond donors (Lipinski definition) is 2. The Labute approximate surface area is 132 Å². The van der Waals surface area contributed by atoms with E-state index in [0.29, 0.717) is 17.9 Å². The van der Waals surface area contributed by atoms with Crippen LogP contribution in [0.15, 0.2) is 42.5 Å². The van der Waals surface area contributed by atoms with Gasteiger partial charge in [-0.3, -0.25) is 14.9 Å². The van der Waals surface area contributed by atoms with Crippen LogP contribution in [0.4, 0.5) is 11.4 Å². The van der Waals surface area contributed by atoms with Crippen LogP contribution in [-0.4, -0.2) is 22.5 Å². The van der Waals surface area contributed by atoms with Gasteiger partial charge >= 0.3 is 0 Å². The van der Waals surface area contributed by atoms with Crippen LogP contribution in [0.25, 0.3) is 0 Å². The van der Waals surface area contributed by atoms with E-state index in [4.69, 9.17) is 4.74 Å². The number of phenolic OH excluding ortho intramolecular Hbond substituents is 1. The summed E-state index contributed by atoms with van der Waals surface area (Å²) in [5, 5.41) is 22.9. The number of anilines is 1. The van der Waals surface area contributed by atoms with Gasteiger partial charge in [0.15, 0.2) is 0 Å². The Morgan fingerprint density at radius 2 is 2.09 bits per heavy atom. The summed E-state index contributed by atoms with van der Waals surface area (Å²) in [6.07, 6.45) is 0.845. The zero-order valence-electron chi connectivity index (χ0n) is 12.5. The van der Waals surface area contributed by atoms with Crippen LogP contribution in [0.1, 0.15) is 23.7 Å². The van der Waals surface area contributed by atoms with Gasteiger partial charge in [0.1, 0.15) is 11.5 Å². The normalized spacial score (nSPS) is 10.1. The lowest BCUT2D eigenvalue weighted by molar-refractivity contribution is -0.384. The second kappa shape index (κ2) is 7.26. The van der Waals surface area contributed by atoms with Crippen molar-refractivity contribution < 1.29 is 19.6 Å². The molecule has 0 bridgehead atoms. The van der Waals surface area contributed by atoms with E-state index in [1.807, 2.05) is 6.92 Å². The number of aromatic hydroxyl groups is 1. The molecule has 0 saturated heterocycles. The lowest BCUT2D eigenvalue weighted by Crippen LogP contribution is -2.12. The van der Waals surface area contributed by atoms with Crippen LogP contribution in [-0.2, 0) is 0 Å². The van der Waals surface area contributed by atoms with Crippen molar-refractivity contribution in [2.75, 3.05) is 11.9 Å². The minimum absolute atomic E-state index is 0.0240. The van der Waals surface area contributed by atoms with Gasteiger partial charge in [0, 0.05) is 17.7 Å². The molecule has 23 heavy (non-hydrogen) atoms. The molecule has 0 fully saturated rings. The molecule has 0 heterocycles. The Bertz CT molecular complexity index is 730. The molecule has 7 heteroatoms. The maximum atomic E-state index is 12.2. The molecule has 0 aliphatic carbocycles. The molecule has 2 rings (SSSR count). The van der Waals surface area contributed by atoms with Crippen LogP contribution in [0.2, 0.25) is 0 Å². The van der Waals surface area contributed by atoms with Gasteiger partial charge in [0.05, 0.1) is 17.2 Å². The number of ether oxygens (including phenoxy) is 1. The zero-order valence-corrected chi connectivity index (χ0v) is 12.5. The van der Waals surface area contributed by atoms with E-state index in [1.54, 1.807) is 24.3 Å². The fraction of sp³-hybridized carbons (Fsp3) is 0.188. The van der Waals surface area contributed by atoms with E-state index in [1.165, 1.54) is 0 Å². The first-order valence-electron chi connectivity index (χ1n) is 7.03. The van der Waals surface area contributed by atoms with Gasteiger partial charge in [-0.15, -0.1) is 0 Å². The van der Waals surface area contributed by atoms with Crippen LogP contribution >= 0.6 is 0 Å². The summed E-state index contributed by atoms with van der Waals surface area (Å²) in [4.78, 5) is 22.4. The maximum Gasteiger partial charge on any atom is 0.271 e. The van der Waals surface area contributed by atoms with Crippen molar-refractivity contribution in [3.05, 3.63) is 58.1 Å². The lowest BCUT2D eigenvalue weighted by Gasteiger charge is -2.09. The van der Waals surface area contributed by atoms with Gasteiger partial charge in [0.2, 0.25) is 0 Å². The number of nitrogens with zero attached hydrogens (tertiary/aromatic N) is 1. The SMILES string of the molecule is CCCOc1cccc(C(=O)Nc2cc([N+](=O)[O-])ccc2O)c1. The van der Waals surface area contributed by atoms with E-state index in [0.717, 1.165) is 24.6 Å². The van der Waals surface area contributed by atoms with Gasteiger partial charge in [-0.1, -0.05) is 13.0 Å². The first-order valence-corrected chi connectivity index (χ1v) is 7.03. The van der Waals surface area contributed by atoms with E-state index in [-0.39, 0.29) is 17.1 Å². The summed E-state index contributed by atoms with van der Waals surface area (Å²) in [5.74, 6) is -0.187. The van der Waals surface area contributed by atoms with Crippen molar-refractivity contribution in [2.24, 2.45) is 0 Å². The van der Waals surface area contributed by atoms with Crippen LogP contribution in [0, 0.1) is 10.1 Å². The second-order valence-corrected chi connectivity index (χ2v) is 4.79. The molecule has 0 spiro atoms. The molecule has 0 unspecified atom stereocenters.